The van der Waals surface area contributed by atoms with E-state index in [0.717, 1.165) is 25.9 Å². The Balaban J connectivity index is 1.73. The second kappa shape index (κ2) is 9.32. The van der Waals surface area contributed by atoms with Crippen molar-refractivity contribution in [1.82, 2.24) is 19.4 Å². The van der Waals surface area contributed by atoms with Crippen molar-refractivity contribution in [3.05, 3.63) is 63.7 Å². The molecule has 7 nitrogen and oxygen atoms in total. The number of aryl methyl sites for hydroxylation is 2. The third-order valence-electron chi connectivity index (χ3n) is 6.93. The highest BCUT2D eigenvalue weighted by molar-refractivity contribution is 5.86. The number of anilines is 1. The van der Waals surface area contributed by atoms with E-state index in [1.165, 1.54) is 15.7 Å². The Hall–Kier alpha value is -3.24. The largest absolute Gasteiger partial charge is 0.349 e. The van der Waals surface area contributed by atoms with Gasteiger partial charge in [0.25, 0.3) is 0 Å². The van der Waals surface area contributed by atoms with Gasteiger partial charge in [0.1, 0.15) is 17.3 Å². The highest BCUT2D eigenvalue weighted by Gasteiger charge is 2.36. The van der Waals surface area contributed by atoms with Crippen LogP contribution >= 0.6 is 0 Å². The Labute approximate surface area is 195 Å². The third kappa shape index (κ3) is 4.23. The summed E-state index contributed by atoms with van der Waals surface area (Å²) in [5.41, 5.74) is 3.94. The van der Waals surface area contributed by atoms with Crippen molar-refractivity contribution in [1.29, 1.82) is 5.26 Å². The maximum atomic E-state index is 12.7. The molecule has 0 saturated carbocycles. The topological polar surface area (TPSA) is 78.0 Å². The maximum Gasteiger partial charge on any atom is 0.349 e. The minimum Gasteiger partial charge on any atom is -0.349 e. The molecule has 1 aliphatic rings. The van der Waals surface area contributed by atoms with Crippen LogP contribution < -0.4 is 10.6 Å². The molecule has 1 aliphatic heterocycles. The van der Waals surface area contributed by atoms with E-state index in [4.69, 9.17) is 0 Å². The number of rotatable bonds is 5. The van der Waals surface area contributed by atoms with Gasteiger partial charge in [-0.25, -0.2) is 9.78 Å². The zero-order valence-corrected chi connectivity index (χ0v) is 20.1. The molecule has 0 N–H and O–H groups in total. The molecule has 3 atom stereocenters. The van der Waals surface area contributed by atoms with Gasteiger partial charge in [-0.1, -0.05) is 43.7 Å². The lowest BCUT2D eigenvalue weighted by atomic mass is 9.95. The van der Waals surface area contributed by atoms with Gasteiger partial charge in [-0.05, 0) is 44.4 Å². The standard InChI is InChI=1S/C26H32N6O/c1-6-21-16-31(18(4)15-32(21)22(7-2)19-10-8-17(3)9-11-19)25-24-23(30(5)26(33)29-25)13-12-20(14-27)28-24/h8-13,18,21-22H,6-7,15-16H2,1-5H3. The summed E-state index contributed by atoms with van der Waals surface area (Å²) in [5.74, 6) is 0.583. The van der Waals surface area contributed by atoms with Gasteiger partial charge in [0, 0.05) is 38.3 Å². The second-order valence-electron chi connectivity index (χ2n) is 9.05. The smallest absolute Gasteiger partial charge is 0.349 e. The summed E-state index contributed by atoms with van der Waals surface area (Å²) < 4.78 is 1.50. The molecule has 3 unspecified atom stereocenters. The van der Waals surface area contributed by atoms with Crippen LogP contribution in [0.15, 0.2) is 41.2 Å². The van der Waals surface area contributed by atoms with Crippen LogP contribution in [-0.2, 0) is 7.05 Å². The first-order valence-corrected chi connectivity index (χ1v) is 11.7. The summed E-state index contributed by atoms with van der Waals surface area (Å²) in [6, 6.07) is 15.2. The molecule has 0 radical (unpaired) electrons. The van der Waals surface area contributed by atoms with Crippen LogP contribution in [0.2, 0.25) is 0 Å². The molecule has 2 aromatic heterocycles. The van der Waals surface area contributed by atoms with Crippen LogP contribution in [-0.4, -0.2) is 44.6 Å². The first-order chi connectivity index (χ1) is 15.9. The molecule has 172 valence electrons. The number of nitriles is 1. The zero-order chi connectivity index (χ0) is 23.7. The number of benzene rings is 1. The molecule has 3 aromatic rings. The van der Waals surface area contributed by atoms with Crippen molar-refractivity contribution in [2.45, 2.75) is 58.7 Å². The Kier molecular flexibility index (Phi) is 6.48. The molecule has 7 heteroatoms. The van der Waals surface area contributed by atoms with Crippen LogP contribution in [0, 0.1) is 18.3 Å². The van der Waals surface area contributed by atoms with Gasteiger partial charge in [0.15, 0.2) is 5.82 Å². The third-order valence-corrected chi connectivity index (χ3v) is 6.93. The summed E-state index contributed by atoms with van der Waals surface area (Å²) in [5, 5.41) is 9.38. The van der Waals surface area contributed by atoms with Crippen molar-refractivity contribution in [2.24, 2.45) is 7.05 Å². The average Bonchev–Trinajstić information content (AvgIpc) is 2.83. The van der Waals surface area contributed by atoms with Crippen LogP contribution in [0.1, 0.15) is 56.5 Å². The Bertz CT molecular complexity index is 1240. The van der Waals surface area contributed by atoms with Crippen molar-refractivity contribution >= 4 is 16.9 Å². The monoisotopic (exact) mass is 444 g/mol. The average molecular weight is 445 g/mol. The fraction of sp³-hybridized carbons (Fsp3) is 0.462. The molecule has 3 heterocycles. The van der Waals surface area contributed by atoms with E-state index < -0.39 is 0 Å². The fourth-order valence-electron chi connectivity index (χ4n) is 5.03. The minimum absolute atomic E-state index is 0.141. The number of pyridine rings is 1. The first kappa shape index (κ1) is 22.9. The minimum atomic E-state index is -0.308. The molecule has 1 saturated heterocycles. The Morgan fingerprint density at radius 1 is 1.12 bits per heavy atom. The van der Waals surface area contributed by atoms with Crippen LogP contribution in [0.4, 0.5) is 5.82 Å². The predicted molar refractivity (Wildman–Crippen MR) is 131 cm³/mol. The summed E-state index contributed by atoms with van der Waals surface area (Å²) in [6.07, 6.45) is 2.03. The lowest BCUT2D eigenvalue weighted by molar-refractivity contribution is 0.0939. The molecule has 1 fully saturated rings. The normalized spacial score (nSPS) is 20.1. The van der Waals surface area contributed by atoms with E-state index in [-0.39, 0.29) is 11.7 Å². The van der Waals surface area contributed by atoms with Gasteiger partial charge in [-0.15, -0.1) is 0 Å². The van der Waals surface area contributed by atoms with E-state index in [0.29, 0.717) is 34.6 Å². The molecular formula is C26H32N6O. The van der Waals surface area contributed by atoms with Gasteiger partial charge in [0.05, 0.1) is 5.52 Å². The van der Waals surface area contributed by atoms with Crippen molar-refractivity contribution < 1.29 is 0 Å². The highest BCUT2D eigenvalue weighted by Crippen LogP contribution is 2.34. The van der Waals surface area contributed by atoms with Crippen LogP contribution in [0.5, 0.6) is 0 Å². The van der Waals surface area contributed by atoms with Gasteiger partial charge in [0.2, 0.25) is 0 Å². The quantitative estimate of drug-likeness (QED) is 0.593. The molecule has 4 rings (SSSR count). The molecule has 0 spiro atoms. The number of hydrogen-bond acceptors (Lipinski definition) is 6. The molecule has 1 aromatic carbocycles. The predicted octanol–water partition coefficient (Wildman–Crippen LogP) is 3.95. The molecule has 0 aliphatic carbocycles. The molecular weight excluding hydrogens is 412 g/mol. The summed E-state index contributed by atoms with van der Waals surface area (Å²) in [4.78, 5) is 26.5. The van der Waals surface area contributed by atoms with Crippen molar-refractivity contribution in [3.63, 3.8) is 0 Å². The van der Waals surface area contributed by atoms with Gasteiger partial charge in [-0.2, -0.15) is 10.2 Å². The van der Waals surface area contributed by atoms with Gasteiger partial charge >= 0.3 is 5.69 Å². The zero-order valence-electron chi connectivity index (χ0n) is 20.1. The molecule has 0 bridgehead atoms. The van der Waals surface area contributed by atoms with Crippen molar-refractivity contribution in [3.8, 4) is 6.07 Å². The Morgan fingerprint density at radius 3 is 2.48 bits per heavy atom. The van der Waals surface area contributed by atoms with Gasteiger partial charge in [-0.3, -0.25) is 9.47 Å². The van der Waals surface area contributed by atoms with Gasteiger partial charge < -0.3 is 4.90 Å². The van der Waals surface area contributed by atoms with E-state index in [2.05, 4.69) is 77.8 Å². The number of piperazine rings is 1. The number of aromatic nitrogens is 3. The van der Waals surface area contributed by atoms with E-state index in [9.17, 15) is 10.1 Å². The summed E-state index contributed by atoms with van der Waals surface area (Å²) in [7, 11) is 1.69. The van der Waals surface area contributed by atoms with Crippen molar-refractivity contribution in [2.75, 3.05) is 18.0 Å². The second-order valence-corrected chi connectivity index (χ2v) is 9.05. The van der Waals surface area contributed by atoms with E-state index in [1.807, 2.05) is 0 Å². The van der Waals surface area contributed by atoms with Crippen LogP contribution in [0.3, 0.4) is 0 Å². The van der Waals surface area contributed by atoms with Crippen LogP contribution in [0.25, 0.3) is 11.0 Å². The molecule has 0 amide bonds. The summed E-state index contributed by atoms with van der Waals surface area (Å²) >= 11 is 0. The lowest BCUT2D eigenvalue weighted by Crippen LogP contribution is -2.58. The van der Waals surface area contributed by atoms with E-state index >= 15 is 0 Å². The number of hydrogen-bond donors (Lipinski definition) is 0. The molecule has 33 heavy (non-hydrogen) atoms. The SMILES string of the molecule is CCC1CN(c2nc(=O)n(C)c3ccc(C#N)nc23)C(C)CN1C(CC)c1ccc(C)cc1. The van der Waals surface area contributed by atoms with E-state index in [1.54, 1.807) is 19.2 Å². The lowest BCUT2D eigenvalue weighted by Gasteiger charge is -2.49. The fourth-order valence-corrected chi connectivity index (χ4v) is 5.03. The maximum absolute atomic E-state index is 12.7. The highest BCUT2D eigenvalue weighted by atomic mass is 16.1. The number of nitrogens with zero attached hydrogens (tertiary/aromatic N) is 6. The first-order valence-electron chi connectivity index (χ1n) is 11.7. The number of fused-ring (bicyclic) bond motifs is 1. The summed E-state index contributed by atoms with van der Waals surface area (Å²) in [6.45, 7) is 10.4. The Morgan fingerprint density at radius 2 is 1.85 bits per heavy atom.